The van der Waals surface area contributed by atoms with E-state index in [1.165, 1.54) is 16.8 Å². The first-order valence-corrected chi connectivity index (χ1v) is 8.30. The highest BCUT2D eigenvalue weighted by Gasteiger charge is 2.29. The molecule has 0 aliphatic carbocycles. The molecule has 0 fully saturated rings. The van der Waals surface area contributed by atoms with Crippen molar-refractivity contribution in [1.29, 1.82) is 0 Å². The molecule has 0 N–H and O–H groups in total. The van der Waals surface area contributed by atoms with Gasteiger partial charge in [-0.1, -0.05) is 0 Å². The highest BCUT2D eigenvalue weighted by molar-refractivity contribution is 5.82. The predicted octanol–water partition coefficient (Wildman–Crippen LogP) is 0.100. The van der Waals surface area contributed by atoms with Crippen LogP contribution < -0.4 is 35.9 Å². The van der Waals surface area contributed by atoms with E-state index in [2.05, 4.69) is 34.9 Å². The lowest BCUT2D eigenvalue weighted by Crippen LogP contribution is -3.00. The van der Waals surface area contributed by atoms with Gasteiger partial charge in [0, 0.05) is 12.5 Å². The second-order valence-electron chi connectivity index (χ2n) is 6.25. The lowest BCUT2D eigenvalue weighted by atomic mass is 9.95. The van der Waals surface area contributed by atoms with Crippen LogP contribution in [0.15, 0.2) is 36.4 Å². The van der Waals surface area contributed by atoms with Crippen molar-refractivity contribution in [2.45, 2.75) is 13.0 Å². The number of methoxy groups -OCH3 is 2. The van der Waals surface area contributed by atoms with Crippen LogP contribution in [0, 0.1) is 0 Å². The van der Waals surface area contributed by atoms with E-state index in [0.29, 0.717) is 6.79 Å². The molecule has 0 bridgehead atoms. The fourth-order valence-electron chi connectivity index (χ4n) is 3.78. The van der Waals surface area contributed by atoms with Gasteiger partial charge in [-0.15, -0.1) is 0 Å². The molecule has 6 heteroatoms. The quantitative estimate of drug-likeness (QED) is 0.599. The number of hydrogen-bond donors (Lipinski definition) is 0. The highest BCUT2D eigenvalue weighted by atomic mass is 35.5. The molecule has 2 aliphatic rings. The number of ether oxygens (including phenoxy) is 4. The average molecular weight is 372 g/mol. The second kappa shape index (κ2) is 6.25. The Labute approximate surface area is 157 Å². The van der Waals surface area contributed by atoms with E-state index < -0.39 is 0 Å². The van der Waals surface area contributed by atoms with Crippen LogP contribution in [-0.4, -0.2) is 21.0 Å². The first-order valence-electron chi connectivity index (χ1n) is 8.30. The Kier molecular flexibility index (Phi) is 4.04. The summed E-state index contributed by atoms with van der Waals surface area (Å²) in [5.74, 6) is 3.15. The summed E-state index contributed by atoms with van der Waals surface area (Å²) >= 11 is 0. The Morgan fingerprint density at radius 2 is 1.65 bits per heavy atom. The number of fused-ring (bicyclic) bond motifs is 6. The van der Waals surface area contributed by atoms with Gasteiger partial charge in [-0.3, -0.25) is 0 Å². The summed E-state index contributed by atoms with van der Waals surface area (Å²) in [7, 11) is 3.33. The molecule has 0 spiro atoms. The van der Waals surface area contributed by atoms with Crippen LogP contribution in [-0.2, 0) is 13.0 Å². The van der Waals surface area contributed by atoms with E-state index in [9.17, 15) is 0 Å². The zero-order chi connectivity index (χ0) is 17.0. The SMILES string of the molecule is COc1cc2ccc3[n+](c2cc1OC)CCc1cc2c(cc1-3)OCO2.[Cl-]. The predicted molar refractivity (Wildman–Crippen MR) is 92.5 cm³/mol. The molecule has 2 aromatic carbocycles. The minimum Gasteiger partial charge on any atom is -1.00 e. The molecule has 26 heavy (non-hydrogen) atoms. The van der Waals surface area contributed by atoms with Crippen molar-refractivity contribution in [3.05, 3.63) is 42.0 Å². The topological polar surface area (TPSA) is 40.8 Å². The van der Waals surface area contributed by atoms with Crippen molar-refractivity contribution >= 4 is 10.9 Å². The van der Waals surface area contributed by atoms with Gasteiger partial charge in [0.1, 0.15) is 0 Å². The zero-order valence-electron chi connectivity index (χ0n) is 14.5. The molecular weight excluding hydrogens is 354 g/mol. The van der Waals surface area contributed by atoms with E-state index in [4.69, 9.17) is 18.9 Å². The van der Waals surface area contributed by atoms with Gasteiger partial charge in [0.25, 0.3) is 0 Å². The van der Waals surface area contributed by atoms with Crippen LogP contribution in [0.5, 0.6) is 23.0 Å². The summed E-state index contributed by atoms with van der Waals surface area (Å²) in [5.41, 5.74) is 4.81. The molecule has 3 heterocycles. The molecule has 0 radical (unpaired) electrons. The van der Waals surface area contributed by atoms with E-state index in [1.54, 1.807) is 14.2 Å². The monoisotopic (exact) mass is 371 g/mol. The van der Waals surface area contributed by atoms with Gasteiger partial charge in [-0.2, -0.15) is 4.57 Å². The van der Waals surface area contributed by atoms with Crippen LogP contribution >= 0.6 is 0 Å². The lowest BCUT2D eigenvalue weighted by Gasteiger charge is -2.17. The minimum absolute atomic E-state index is 0. The standard InChI is InChI=1S/C20H18NO4.ClH/c1-22-17-8-13-3-4-15-14-9-20-19(24-11-25-20)7-12(14)5-6-21(15)16(13)10-18(17)23-2;/h3-4,7-10H,5-6,11H2,1-2H3;1H/q+1;/p-1. The van der Waals surface area contributed by atoms with Crippen molar-refractivity contribution in [2.24, 2.45) is 0 Å². The van der Waals surface area contributed by atoms with Crippen LogP contribution in [0.4, 0.5) is 0 Å². The van der Waals surface area contributed by atoms with Crippen LogP contribution in [0.1, 0.15) is 5.56 Å². The van der Waals surface area contributed by atoms with E-state index in [1.807, 2.05) is 6.07 Å². The summed E-state index contributed by atoms with van der Waals surface area (Å²) in [6.07, 6.45) is 0.955. The third kappa shape index (κ3) is 2.35. The maximum atomic E-state index is 5.57. The third-order valence-electron chi connectivity index (χ3n) is 5.01. The van der Waals surface area contributed by atoms with Crippen LogP contribution in [0.3, 0.4) is 0 Å². The Balaban J connectivity index is 0.00000168. The maximum absolute atomic E-state index is 5.57. The van der Waals surface area contributed by atoms with Gasteiger partial charge in [0.05, 0.1) is 31.2 Å². The molecular formula is C20H18ClNO4. The summed E-state index contributed by atoms with van der Waals surface area (Å²) in [4.78, 5) is 0. The molecule has 5 nitrogen and oxygen atoms in total. The molecule has 1 aromatic heterocycles. The average Bonchev–Trinajstić information content (AvgIpc) is 3.11. The molecule has 2 aliphatic heterocycles. The summed E-state index contributed by atoms with van der Waals surface area (Å²) in [6, 6.07) is 12.6. The molecule has 0 atom stereocenters. The maximum Gasteiger partial charge on any atom is 0.231 e. The van der Waals surface area contributed by atoms with Gasteiger partial charge in [-0.05, 0) is 29.8 Å². The van der Waals surface area contributed by atoms with Crippen LogP contribution in [0.2, 0.25) is 0 Å². The zero-order valence-corrected chi connectivity index (χ0v) is 15.3. The van der Waals surface area contributed by atoms with Crippen molar-refractivity contribution in [1.82, 2.24) is 0 Å². The number of halogens is 1. The second-order valence-corrected chi connectivity index (χ2v) is 6.25. The molecule has 0 saturated heterocycles. The Hall–Kier alpha value is -2.66. The molecule has 3 aromatic rings. The van der Waals surface area contributed by atoms with Gasteiger partial charge < -0.3 is 31.4 Å². The van der Waals surface area contributed by atoms with Gasteiger partial charge >= 0.3 is 0 Å². The fraction of sp³-hybridized carbons (Fsp3) is 0.250. The van der Waals surface area contributed by atoms with Crippen molar-refractivity contribution in [3.63, 3.8) is 0 Å². The lowest BCUT2D eigenvalue weighted by molar-refractivity contribution is -0.661. The molecule has 0 amide bonds. The molecule has 5 rings (SSSR count). The third-order valence-corrected chi connectivity index (χ3v) is 5.01. The van der Waals surface area contributed by atoms with Crippen molar-refractivity contribution in [3.8, 4) is 34.3 Å². The number of rotatable bonds is 2. The largest absolute Gasteiger partial charge is 1.00 e. The normalized spacial score (nSPS) is 13.6. The van der Waals surface area contributed by atoms with Gasteiger partial charge in [-0.25, -0.2) is 0 Å². The fourth-order valence-corrected chi connectivity index (χ4v) is 3.78. The van der Waals surface area contributed by atoms with Gasteiger partial charge in [0.2, 0.25) is 18.0 Å². The first-order chi connectivity index (χ1) is 12.3. The Morgan fingerprint density at radius 3 is 2.42 bits per heavy atom. The van der Waals surface area contributed by atoms with Crippen molar-refractivity contribution < 1.29 is 35.9 Å². The molecule has 0 unspecified atom stereocenters. The first kappa shape index (κ1) is 16.8. The number of pyridine rings is 1. The summed E-state index contributed by atoms with van der Waals surface area (Å²) in [5, 5.41) is 1.13. The Morgan fingerprint density at radius 1 is 0.923 bits per heavy atom. The van der Waals surface area contributed by atoms with E-state index >= 15 is 0 Å². The van der Waals surface area contributed by atoms with Crippen LogP contribution in [0.25, 0.3) is 22.2 Å². The number of hydrogen-bond acceptors (Lipinski definition) is 4. The molecule has 0 saturated carbocycles. The van der Waals surface area contributed by atoms with E-state index in [-0.39, 0.29) is 12.4 Å². The smallest absolute Gasteiger partial charge is 0.231 e. The number of aryl methyl sites for hydroxylation is 2. The number of nitrogens with zero attached hydrogens (tertiary/aromatic N) is 1. The number of benzene rings is 2. The van der Waals surface area contributed by atoms with Crippen molar-refractivity contribution in [2.75, 3.05) is 21.0 Å². The van der Waals surface area contributed by atoms with E-state index in [0.717, 1.165) is 46.9 Å². The minimum atomic E-state index is 0. The molecule has 134 valence electrons. The summed E-state index contributed by atoms with van der Waals surface area (Å²) in [6.45, 7) is 1.21. The Bertz CT molecular complexity index is 1020. The number of aromatic nitrogens is 1. The summed E-state index contributed by atoms with van der Waals surface area (Å²) < 4.78 is 24.3. The van der Waals surface area contributed by atoms with Gasteiger partial charge in [0.15, 0.2) is 29.5 Å². The highest BCUT2D eigenvalue weighted by Crippen LogP contribution is 2.40.